The standard InChI is InChI=1S/C8H14O2/c1-2-8(9)7-3-5-10-6-4-7/h2,7-9H,1,3-6H2. The van der Waals surface area contributed by atoms with Gasteiger partial charge in [0.2, 0.25) is 0 Å². The lowest BCUT2D eigenvalue weighted by Crippen LogP contribution is -2.25. The minimum atomic E-state index is -0.330. The van der Waals surface area contributed by atoms with E-state index in [9.17, 15) is 5.11 Å². The molecular weight excluding hydrogens is 128 g/mol. The van der Waals surface area contributed by atoms with Crippen molar-refractivity contribution in [3.8, 4) is 0 Å². The van der Waals surface area contributed by atoms with E-state index >= 15 is 0 Å². The van der Waals surface area contributed by atoms with E-state index in [-0.39, 0.29) is 6.10 Å². The van der Waals surface area contributed by atoms with Crippen molar-refractivity contribution in [1.82, 2.24) is 0 Å². The Morgan fingerprint density at radius 1 is 1.50 bits per heavy atom. The zero-order valence-electron chi connectivity index (χ0n) is 6.12. The lowest BCUT2D eigenvalue weighted by molar-refractivity contribution is 0.0248. The molecule has 0 bridgehead atoms. The van der Waals surface area contributed by atoms with Gasteiger partial charge >= 0.3 is 0 Å². The van der Waals surface area contributed by atoms with Crippen LogP contribution in [0.4, 0.5) is 0 Å². The number of aliphatic hydroxyl groups is 1. The Labute approximate surface area is 61.5 Å². The first-order chi connectivity index (χ1) is 4.84. The molecule has 0 aromatic heterocycles. The van der Waals surface area contributed by atoms with Gasteiger partial charge in [-0.2, -0.15) is 0 Å². The van der Waals surface area contributed by atoms with Crippen LogP contribution in [-0.4, -0.2) is 24.4 Å². The summed E-state index contributed by atoms with van der Waals surface area (Å²) in [5.41, 5.74) is 0. The molecule has 1 N–H and O–H groups in total. The highest BCUT2D eigenvalue weighted by Gasteiger charge is 2.18. The second-order valence-corrected chi connectivity index (χ2v) is 2.68. The second-order valence-electron chi connectivity index (χ2n) is 2.68. The van der Waals surface area contributed by atoms with Crippen molar-refractivity contribution < 1.29 is 9.84 Å². The van der Waals surface area contributed by atoms with Gasteiger partial charge in [-0.3, -0.25) is 0 Å². The maximum Gasteiger partial charge on any atom is 0.0748 e. The van der Waals surface area contributed by atoms with Crippen molar-refractivity contribution in [2.24, 2.45) is 5.92 Å². The number of hydrogen-bond acceptors (Lipinski definition) is 2. The van der Waals surface area contributed by atoms with Crippen LogP contribution in [0.1, 0.15) is 12.8 Å². The smallest absolute Gasteiger partial charge is 0.0748 e. The molecule has 2 heteroatoms. The summed E-state index contributed by atoms with van der Waals surface area (Å²) in [6.07, 6.45) is 3.21. The average Bonchev–Trinajstić information content (AvgIpc) is 2.05. The summed E-state index contributed by atoms with van der Waals surface area (Å²) in [5, 5.41) is 9.31. The number of rotatable bonds is 2. The molecule has 0 aromatic rings. The third-order valence-corrected chi connectivity index (χ3v) is 1.99. The molecule has 0 amide bonds. The molecule has 1 fully saturated rings. The summed E-state index contributed by atoms with van der Waals surface area (Å²) in [5.74, 6) is 0.381. The van der Waals surface area contributed by atoms with Gasteiger partial charge in [-0.15, -0.1) is 6.58 Å². The molecule has 1 heterocycles. The molecule has 58 valence electrons. The van der Waals surface area contributed by atoms with Gasteiger partial charge in [0.15, 0.2) is 0 Å². The fourth-order valence-electron chi connectivity index (χ4n) is 1.25. The fourth-order valence-corrected chi connectivity index (χ4v) is 1.25. The predicted molar refractivity (Wildman–Crippen MR) is 39.7 cm³/mol. The van der Waals surface area contributed by atoms with Gasteiger partial charge in [-0.25, -0.2) is 0 Å². The summed E-state index contributed by atoms with van der Waals surface area (Å²) >= 11 is 0. The molecule has 2 nitrogen and oxygen atoms in total. The lowest BCUT2D eigenvalue weighted by Gasteiger charge is -2.24. The molecule has 1 unspecified atom stereocenters. The lowest BCUT2D eigenvalue weighted by atomic mass is 9.94. The summed E-state index contributed by atoms with van der Waals surface area (Å²) in [6.45, 7) is 5.12. The van der Waals surface area contributed by atoms with Gasteiger partial charge in [0, 0.05) is 13.2 Å². The van der Waals surface area contributed by atoms with E-state index in [0.29, 0.717) is 5.92 Å². The van der Waals surface area contributed by atoms with Gasteiger partial charge in [-0.1, -0.05) is 6.08 Å². The van der Waals surface area contributed by atoms with Crippen LogP contribution in [0.5, 0.6) is 0 Å². The summed E-state index contributed by atoms with van der Waals surface area (Å²) in [6, 6.07) is 0. The Bertz CT molecular complexity index is 106. The average molecular weight is 142 g/mol. The monoisotopic (exact) mass is 142 g/mol. The van der Waals surface area contributed by atoms with E-state index in [1.807, 2.05) is 0 Å². The topological polar surface area (TPSA) is 29.5 Å². The molecular formula is C8H14O2. The zero-order valence-corrected chi connectivity index (χ0v) is 6.12. The molecule has 1 aliphatic rings. The highest BCUT2D eigenvalue weighted by molar-refractivity contribution is 4.85. The predicted octanol–water partition coefficient (Wildman–Crippen LogP) is 0.960. The number of ether oxygens (including phenoxy) is 1. The first kappa shape index (κ1) is 7.76. The Hall–Kier alpha value is -0.340. The number of hydrogen-bond donors (Lipinski definition) is 1. The normalized spacial score (nSPS) is 24.1. The van der Waals surface area contributed by atoms with Crippen molar-refractivity contribution in [1.29, 1.82) is 0 Å². The Kier molecular flexibility index (Phi) is 2.90. The van der Waals surface area contributed by atoms with E-state index in [0.717, 1.165) is 26.1 Å². The van der Waals surface area contributed by atoms with Gasteiger partial charge in [0.25, 0.3) is 0 Å². The third kappa shape index (κ3) is 1.82. The summed E-state index contributed by atoms with van der Waals surface area (Å²) in [7, 11) is 0. The Morgan fingerprint density at radius 2 is 2.10 bits per heavy atom. The molecule has 0 aliphatic carbocycles. The van der Waals surface area contributed by atoms with Crippen molar-refractivity contribution in [2.75, 3.05) is 13.2 Å². The Balaban J connectivity index is 2.30. The van der Waals surface area contributed by atoms with Crippen LogP contribution >= 0.6 is 0 Å². The van der Waals surface area contributed by atoms with E-state index in [1.54, 1.807) is 6.08 Å². The van der Waals surface area contributed by atoms with E-state index < -0.39 is 0 Å². The van der Waals surface area contributed by atoms with Crippen LogP contribution in [0, 0.1) is 5.92 Å². The SMILES string of the molecule is C=CC(O)C1CCOCC1. The first-order valence-corrected chi connectivity index (χ1v) is 3.73. The second kappa shape index (κ2) is 3.74. The van der Waals surface area contributed by atoms with Gasteiger partial charge in [-0.05, 0) is 18.8 Å². The quantitative estimate of drug-likeness (QED) is 0.582. The molecule has 0 saturated carbocycles. The first-order valence-electron chi connectivity index (χ1n) is 3.73. The van der Waals surface area contributed by atoms with E-state index in [2.05, 4.69) is 6.58 Å². The van der Waals surface area contributed by atoms with E-state index in [4.69, 9.17) is 4.74 Å². The minimum absolute atomic E-state index is 0.330. The molecule has 1 atom stereocenters. The van der Waals surface area contributed by atoms with Crippen LogP contribution in [0.15, 0.2) is 12.7 Å². The van der Waals surface area contributed by atoms with Crippen LogP contribution in [-0.2, 0) is 4.74 Å². The molecule has 1 aliphatic heterocycles. The number of aliphatic hydroxyl groups excluding tert-OH is 1. The highest BCUT2D eigenvalue weighted by Crippen LogP contribution is 2.18. The molecule has 10 heavy (non-hydrogen) atoms. The van der Waals surface area contributed by atoms with Crippen LogP contribution in [0.3, 0.4) is 0 Å². The highest BCUT2D eigenvalue weighted by atomic mass is 16.5. The Morgan fingerprint density at radius 3 is 2.60 bits per heavy atom. The van der Waals surface area contributed by atoms with Crippen molar-refractivity contribution >= 4 is 0 Å². The molecule has 1 rings (SSSR count). The molecule has 1 saturated heterocycles. The van der Waals surface area contributed by atoms with Crippen LogP contribution in [0.25, 0.3) is 0 Å². The molecule has 0 spiro atoms. The summed E-state index contributed by atoms with van der Waals surface area (Å²) < 4.78 is 5.15. The largest absolute Gasteiger partial charge is 0.389 e. The minimum Gasteiger partial charge on any atom is -0.389 e. The van der Waals surface area contributed by atoms with Crippen LogP contribution < -0.4 is 0 Å². The maximum atomic E-state index is 9.31. The van der Waals surface area contributed by atoms with Crippen molar-refractivity contribution in [2.45, 2.75) is 18.9 Å². The zero-order chi connectivity index (χ0) is 7.40. The summed E-state index contributed by atoms with van der Waals surface area (Å²) in [4.78, 5) is 0. The van der Waals surface area contributed by atoms with Crippen molar-refractivity contribution in [3.05, 3.63) is 12.7 Å². The third-order valence-electron chi connectivity index (χ3n) is 1.99. The van der Waals surface area contributed by atoms with Gasteiger partial charge in [0.05, 0.1) is 6.10 Å². The molecule has 0 aromatic carbocycles. The van der Waals surface area contributed by atoms with Crippen molar-refractivity contribution in [3.63, 3.8) is 0 Å². The van der Waals surface area contributed by atoms with Gasteiger partial charge < -0.3 is 9.84 Å². The van der Waals surface area contributed by atoms with E-state index in [1.165, 1.54) is 0 Å². The van der Waals surface area contributed by atoms with Gasteiger partial charge in [0.1, 0.15) is 0 Å². The maximum absolute atomic E-state index is 9.31. The fraction of sp³-hybridized carbons (Fsp3) is 0.750. The van der Waals surface area contributed by atoms with Crippen LogP contribution in [0.2, 0.25) is 0 Å². The molecule has 0 radical (unpaired) electrons.